The molecule has 31 heavy (non-hydrogen) atoms. The van der Waals surface area contributed by atoms with Crippen LogP contribution in [0.5, 0.6) is 0 Å². The number of amides is 1. The minimum absolute atomic E-state index is 0.0105. The molecule has 0 atom stereocenters. The number of carbonyl (C=O) groups is 2. The zero-order valence-corrected chi connectivity index (χ0v) is 22.0. The average molecular weight is 647 g/mol. The van der Waals surface area contributed by atoms with Crippen LogP contribution in [-0.4, -0.2) is 53.5 Å². The molecule has 0 unspecified atom stereocenters. The fourth-order valence-electron chi connectivity index (χ4n) is 2.85. The van der Waals surface area contributed by atoms with Crippen LogP contribution in [-0.2, 0) is 6.42 Å². The molecule has 1 heterocycles. The molecule has 4 N–H and O–H groups in total. The van der Waals surface area contributed by atoms with Crippen molar-refractivity contribution >= 4 is 75.4 Å². The summed E-state index contributed by atoms with van der Waals surface area (Å²) in [7, 11) is 0. The van der Waals surface area contributed by atoms with Gasteiger partial charge in [-0.2, -0.15) is 0 Å². The molecule has 0 aliphatic rings. The zero-order valence-electron chi connectivity index (χ0n) is 16.0. The number of nitrogens with one attached hydrogen (secondary N) is 1. The molecule has 2 aromatic carbocycles. The van der Waals surface area contributed by atoms with E-state index in [0.29, 0.717) is 58.3 Å². The maximum atomic E-state index is 13.0. The van der Waals surface area contributed by atoms with E-state index in [-0.39, 0.29) is 23.6 Å². The van der Waals surface area contributed by atoms with Gasteiger partial charge in [-0.25, -0.2) is 0 Å². The number of carbonyl (C=O) groups excluding carboxylic acids is 2. The van der Waals surface area contributed by atoms with E-state index in [1.54, 1.807) is 42.5 Å². The molecule has 0 bridgehead atoms. The van der Waals surface area contributed by atoms with Crippen LogP contribution in [0.2, 0.25) is 10.0 Å². The van der Waals surface area contributed by atoms with Gasteiger partial charge in [0.05, 0.1) is 0 Å². The summed E-state index contributed by atoms with van der Waals surface area (Å²) in [5.41, 5.74) is 7.51. The summed E-state index contributed by atoms with van der Waals surface area (Å²) in [6, 6.07) is 13.0. The molecule has 10 heteroatoms. The zero-order chi connectivity index (χ0) is 22.5. The van der Waals surface area contributed by atoms with E-state index < -0.39 is 5.91 Å². The van der Waals surface area contributed by atoms with Gasteiger partial charge in [0.1, 0.15) is 0 Å². The Balaban J connectivity index is 1.86. The standard InChI is InChI=1S/C21H15Cl2N4O3.Tl/c22-15-6-5-14(9-18(28)12-1-3-13(4-2-12)20(24)27-30)17(10-15)21(29)26-19-8-7-16(23)11-25-19;/h1,3-8,10-11,30H,9H2,(H2,24,27)(H,25,26,29);. The van der Waals surface area contributed by atoms with Crippen molar-refractivity contribution in [2.45, 2.75) is 6.42 Å². The number of nitrogens with two attached hydrogens (primary N) is 1. The fourth-order valence-corrected chi connectivity index (χ4v) is 4.83. The van der Waals surface area contributed by atoms with Crippen molar-refractivity contribution in [3.05, 3.63) is 87.0 Å². The Labute approximate surface area is 203 Å². The second-order valence-electron chi connectivity index (χ2n) is 6.50. The molecule has 3 rings (SSSR count). The SMILES string of the molecule is NC(=NO)c1ccc(C(=O)Cc2ccc(Cl)cc2C(=O)Nc2ccc(Cl)cn2)[c]([Tl])c1. The van der Waals surface area contributed by atoms with Gasteiger partial charge in [-0.05, 0) is 0 Å². The third-order valence-corrected chi connectivity index (χ3v) is 6.71. The number of hydrogen-bond acceptors (Lipinski definition) is 5. The molecular formula is C21H15Cl2N4O3Tl. The van der Waals surface area contributed by atoms with Gasteiger partial charge in [0, 0.05) is 0 Å². The molecular weight excluding hydrogens is 632 g/mol. The van der Waals surface area contributed by atoms with E-state index in [4.69, 9.17) is 34.1 Å². The maximum absolute atomic E-state index is 13.0. The molecule has 0 saturated carbocycles. The van der Waals surface area contributed by atoms with Crippen molar-refractivity contribution in [3.8, 4) is 0 Å². The molecule has 0 aliphatic heterocycles. The second kappa shape index (κ2) is 10.2. The number of nitrogens with zero attached hydrogens (tertiary/aromatic N) is 2. The molecule has 3 aromatic rings. The van der Waals surface area contributed by atoms with E-state index in [9.17, 15) is 9.59 Å². The first-order chi connectivity index (χ1) is 14.8. The van der Waals surface area contributed by atoms with Crippen LogP contribution in [0.4, 0.5) is 5.82 Å². The Hall–Kier alpha value is -2.50. The molecule has 0 aliphatic carbocycles. The average Bonchev–Trinajstić information content (AvgIpc) is 2.75. The predicted octanol–water partition coefficient (Wildman–Crippen LogP) is 2.95. The van der Waals surface area contributed by atoms with Gasteiger partial charge in [-0.1, -0.05) is 11.6 Å². The second-order valence-corrected chi connectivity index (χ2v) is 9.80. The molecule has 1 aromatic heterocycles. The molecule has 7 nitrogen and oxygen atoms in total. The van der Waals surface area contributed by atoms with Crippen LogP contribution in [0.25, 0.3) is 0 Å². The van der Waals surface area contributed by atoms with Crippen LogP contribution in [0.3, 0.4) is 0 Å². The van der Waals surface area contributed by atoms with Crippen LogP contribution < -0.4 is 14.2 Å². The number of aromatic nitrogens is 1. The molecule has 0 spiro atoms. The van der Waals surface area contributed by atoms with Crippen LogP contribution in [0.15, 0.2) is 59.9 Å². The molecule has 0 saturated heterocycles. The number of hydrogen-bond donors (Lipinski definition) is 3. The summed E-state index contributed by atoms with van der Waals surface area (Å²) >= 11 is 12.3. The monoisotopic (exact) mass is 646 g/mol. The van der Waals surface area contributed by atoms with Gasteiger partial charge in [0.2, 0.25) is 0 Å². The summed E-state index contributed by atoms with van der Waals surface area (Å²) in [5.74, 6) is -0.276. The summed E-state index contributed by atoms with van der Waals surface area (Å²) in [4.78, 5) is 29.8. The number of oxime groups is 1. The quantitative estimate of drug-likeness (QED) is 0.0952. The molecule has 0 fully saturated rings. The van der Waals surface area contributed by atoms with Crippen LogP contribution in [0, 0.1) is 0 Å². The predicted molar refractivity (Wildman–Crippen MR) is 121 cm³/mol. The topological polar surface area (TPSA) is 118 Å². The van der Waals surface area contributed by atoms with E-state index in [2.05, 4.69) is 15.5 Å². The van der Waals surface area contributed by atoms with Crippen LogP contribution in [0.1, 0.15) is 31.8 Å². The van der Waals surface area contributed by atoms with Crippen molar-refractivity contribution < 1.29 is 14.8 Å². The number of amidine groups is 1. The Bertz CT molecular complexity index is 1180. The molecule has 1 amide bonds. The number of pyridine rings is 1. The summed E-state index contributed by atoms with van der Waals surface area (Å²) in [6.07, 6.45) is 1.43. The minimum atomic E-state index is -0.435. The van der Waals surface area contributed by atoms with Crippen LogP contribution >= 0.6 is 23.2 Å². The Kier molecular flexibility index (Phi) is 7.63. The van der Waals surface area contributed by atoms with E-state index in [1.807, 2.05) is 0 Å². The summed E-state index contributed by atoms with van der Waals surface area (Å²) < 4.78 is 0.833. The number of benzene rings is 2. The number of Topliss-reactive ketones (excluding diaryl/α,β-unsaturated/α-hetero) is 1. The van der Waals surface area contributed by atoms with Gasteiger partial charge in [0.15, 0.2) is 0 Å². The van der Waals surface area contributed by atoms with Gasteiger partial charge in [-0.3, -0.25) is 0 Å². The van der Waals surface area contributed by atoms with Crippen molar-refractivity contribution in [1.82, 2.24) is 4.98 Å². The number of halogens is 2. The molecule has 0 radical (unpaired) electrons. The van der Waals surface area contributed by atoms with Gasteiger partial charge >= 0.3 is 193 Å². The normalized spacial score (nSPS) is 11.2. The van der Waals surface area contributed by atoms with E-state index in [0.717, 1.165) is 3.12 Å². The Morgan fingerprint density at radius 1 is 1.06 bits per heavy atom. The van der Waals surface area contributed by atoms with Crippen molar-refractivity contribution in [3.63, 3.8) is 0 Å². The van der Waals surface area contributed by atoms with E-state index >= 15 is 0 Å². The van der Waals surface area contributed by atoms with Gasteiger partial charge < -0.3 is 0 Å². The first kappa shape index (κ1) is 23.2. The number of rotatable bonds is 6. The first-order valence-electron chi connectivity index (χ1n) is 8.90. The Morgan fingerprint density at radius 3 is 2.45 bits per heavy atom. The van der Waals surface area contributed by atoms with Crippen molar-refractivity contribution in [2.24, 2.45) is 10.9 Å². The number of anilines is 1. The number of ketones is 1. The summed E-state index contributed by atoms with van der Waals surface area (Å²) in [5, 5.41) is 15.3. The third-order valence-electron chi connectivity index (χ3n) is 4.39. The Morgan fingerprint density at radius 2 is 1.81 bits per heavy atom. The fraction of sp³-hybridized carbons (Fsp3) is 0.0476. The summed E-state index contributed by atoms with van der Waals surface area (Å²) in [6.45, 7) is 0. The van der Waals surface area contributed by atoms with Crippen molar-refractivity contribution in [1.29, 1.82) is 0 Å². The third kappa shape index (κ3) is 5.81. The van der Waals surface area contributed by atoms with Gasteiger partial charge in [0.25, 0.3) is 0 Å². The van der Waals surface area contributed by atoms with E-state index in [1.165, 1.54) is 12.3 Å². The molecule has 154 valence electrons. The first-order valence-corrected chi connectivity index (χ1v) is 11.9. The van der Waals surface area contributed by atoms with Crippen molar-refractivity contribution in [2.75, 3.05) is 5.32 Å². The van der Waals surface area contributed by atoms with Gasteiger partial charge in [-0.15, -0.1) is 0 Å².